The first-order valence-corrected chi connectivity index (χ1v) is 7.39. The second-order valence-electron chi connectivity index (χ2n) is 4.36. The van der Waals surface area contributed by atoms with Crippen molar-refractivity contribution in [2.24, 2.45) is 0 Å². The predicted molar refractivity (Wildman–Crippen MR) is 76.7 cm³/mol. The highest BCUT2D eigenvalue weighted by molar-refractivity contribution is 8.00. The summed E-state index contributed by atoms with van der Waals surface area (Å²) in [7, 11) is 3.27. The number of benzene rings is 1. The molecule has 1 unspecified atom stereocenters. The lowest BCUT2D eigenvalue weighted by Crippen LogP contribution is -2.29. The molecule has 0 spiro atoms. The molecule has 0 saturated carbocycles. The lowest BCUT2D eigenvalue weighted by atomic mass is 10.1. The molecule has 1 saturated heterocycles. The van der Waals surface area contributed by atoms with Gasteiger partial charge in [-0.1, -0.05) is 6.92 Å². The molecule has 2 rings (SSSR count). The van der Waals surface area contributed by atoms with Crippen LogP contribution in [-0.2, 0) is 4.79 Å². The molecule has 0 N–H and O–H groups in total. The number of thioether (sulfide) groups is 1. The van der Waals surface area contributed by atoms with E-state index in [0.29, 0.717) is 5.75 Å². The van der Waals surface area contributed by atoms with Crippen LogP contribution in [0.15, 0.2) is 18.2 Å². The summed E-state index contributed by atoms with van der Waals surface area (Å²) in [6.07, 6.45) is 0.960. The van der Waals surface area contributed by atoms with Crippen LogP contribution in [0.4, 0.5) is 0 Å². The minimum atomic E-state index is 0.0494. The molecule has 5 heteroatoms. The monoisotopic (exact) mass is 281 g/mol. The Bertz CT molecular complexity index is 464. The van der Waals surface area contributed by atoms with Gasteiger partial charge in [0.25, 0.3) is 0 Å². The van der Waals surface area contributed by atoms with Crippen LogP contribution in [0.1, 0.15) is 24.3 Å². The van der Waals surface area contributed by atoms with Gasteiger partial charge in [0.2, 0.25) is 5.91 Å². The summed E-state index contributed by atoms with van der Waals surface area (Å²) in [5, 5.41) is 0.0494. The summed E-state index contributed by atoms with van der Waals surface area (Å²) >= 11 is 1.65. The molecule has 1 atom stereocenters. The van der Waals surface area contributed by atoms with E-state index in [9.17, 15) is 4.79 Å². The van der Waals surface area contributed by atoms with E-state index in [-0.39, 0.29) is 11.3 Å². The molecule has 104 valence electrons. The Kier molecular flexibility index (Phi) is 4.58. The van der Waals surface area contributed by atoms with E-state index in [1.54, 1.807) is 26.0 Å². The number of ether oxygens (including phenoxy) is 2. The summed E-state index contributed by atoms with van der Waals surface area (Å²) in [4.78, 5) is 13.8. The van der Waals surface area contributed by atoms with Gasteiger partial charge in [0.15, 0.2) is 0 Å². The van der Waals surface area contributed by atoms with Gasteiger partial charge in [-0.3, -0.25) is 4.79 Å². The molecule has 1 aliphatic rings. The minimum absolute atomic E-state index is 0.0494. The second kappa shape index (κ2) is 6.19. The molecule has 4 nitrogen and oxygen atoms in total. The zero-order chi connectivity index (χ0) is 13.8. The Balaban J connectivity index is 2.32. The standard InChI is InChI=1S/C14H19NO3S/c1-4-7-15-13(16)9-19-14(15)11-6-5-10(17-2)8-12(11)18-3/h5-6,8,14H,4,7,9H2,1-3H3. The summed E-state index contributed by atoms with van der Waals surface area (Å²) in [5.41, 5.74) is 1.03. The van der Waals surface area contributed by atoms with Gasteiger partial charge < -0.3 is 14.4 Å². The van der Waals surface area contributed by atoms with Crippen LogP contribution in [0.25, 0.3) is 0 Å². The number of carbonyl (C=O) groups is 1. The topological polar surface area (TPSA) is 38.8 Å². The number of hydrogen-bond acceptors (Lipinski definition) is 4. The number of hydrogen-bond donors (Lipinski definition) is 0. The average Bonchev–Trinajstić information content (AvgIpc) is 2.80. The smallest absolute Gasteiger partial charge is 0.233 e. The van der Waals surface area contributed by atoms with Crippen molar-refractivity contribution in [1.29, 1.82) is 0 Å². The minimum Gasteiger partial charge on any atom is -0.497 e. The molecule has 1 heterocycles. The molecule has 0 aromatic heterocycles. The Hall–Kier alpha value is -1.36. The van der Waals surface area contributed by atoms with Crippen molar-refractivity contribution in [3.63, 3.8) is 0 Å². The van der Waals surface area contributed by atoms with Crippen LogP contribution < -0.4 is 9.47 Å². The maximum absolute atomic E-state index is 11.9. The fourth-order valence-electron chi connectivity index (χ4n) is 2.22. The highest BCUT2D eigenvalue weighted by atomic mass is 32.2. The number of nitrogens with zero attached hydrogens (tertiary/aromatic N) is 1. The molecule has 0 radical (unpaired) electrons. The van der Waals surface area contributed by atoms with Crippen LogP contribution in [0.5, 0.6) is 11.5 Å². The van der Waals surface area contributed by atoms with Gasteiger partial charge in [-0.15, -0.1) is 11.8 Å². The van der Waals surface area contributed by atoms with Gasteiger partial charge in [0, 0.05) is 18.2 Å². The van der Waals surface area contributed by atoms with E-state index in [1.807, 2.05) is 23.1 Å². The van der Waals surface area contributed by atoms with Crippen molar-refractivity contribution in [3.05, 3.63) is 23.8 Å². The van der Waals surface area contributed by atoms with E-state index in [0.717, 1.165) is 30.0 Å². The lowest BCUT2D eigenvalue weighted by molar-refractivity contribution is -0.128. The molecular formula is C14H19NO3S. The molecule has 1 aromatic rings. The zero-order valence-corrected chi connectivity index (χ0v) is 12.3. The Morgan fingerprint density at radius 1 is 1.37 bits per heavy atom. The number of carbonyl (C=O) groups excluding carboxylic acids is 1. The van der Waals surface area contributed by atoms with Crippen molar-refractivity contribution in [2.75, 3.05) is 26.5 Å². The molecule has 19 heavy (non-hydrogen) atoms. The third kappa shape index (κ3) is 2.81. The number of methoxy groups -OCH3 is 2. The van der Waals surface area contributed by atoms with Crippen molar-refractivity contribution in [2.45, 2.75) is 18.7 Å². The zero-order valence-electron chi connectivity index (χ0n) is 11.5. The van der Waals surface area contributed by atoms with E-state index in [4.69, 9.17) is 9.47 Å². The Morgan fingerprint density at radius 2 is 2.16 bits per heavy atom. The van der Waals surface area contributed by atoms with Crippen LogP contribution >= 0.6 is 11.8 Å². The first-order chi connectivity index (χ1) is 9.21. The first-order valence-electron chi connectivity index (χ1n) is 6.34. The molecule has 1 aromatic carbocycles. The van der Waals surface area contributed by atoms with Gasteiger partial charge >= 0.3 is 0 Å². The third-order valence-electron chi connectivity index (χ3n) is 3.14. The molecule has 0 aliphatic carbocycles. The quantitative estimate of drug-likeness (QED) is 0.832. The van der Waals surface area contributed by atoms with Crippen molar-refractivity contribution in [3.8, 4) is 11.5 Å². The van der Waals surface area contributed by atoms with Crippen LogP contribution in [0.2, 0.25) is 0 Å². The average molecular weight is 281 g/mol. The summed E-state index contributed by atoms with van der Waals surface area (Å²) in [5.74, 6) is 2.28. The van der Waals surface area contributed by atoms with E-state index in [2.05, 4.69) is 6.92 Å². The summed E-state index contributed by atoms with van der Waals surface area (Å²) in [6.45, 7) is 2.87. The van der Waals surface area contributed by atoms with Gasteiger partial charge in [0.1, 0.15) is 16.9 Å². The molecule has 1 amide bonds. The SMILES string of the molecule is CCCN1C(=O)CSC1c1ccc(OC)cc1OC. The highest BCUT2D eigenvalue weighted by Gasteiger charge is 2.33. The van der Waals surface area contributed by atoms with Crippen molar-refractivity contribution in [1.82, 2.24) is 4.90 Å². The number of rotatable bonds is 5. The Morgan fingerprint density at radius 3 is 2.79 bits per heavy atom. The first kappa shape index (κ1) is 14.1. The van der Waals surface area contributed by atoms with E-state index in [1.165, 1.54) is 0 Å². The Labute approximate surface area is 118 Å². The highest BCUT2D eigenvalue weighted by Crippen LogP contribution is 2.43. The van der Waals surface area contributed by atoms with Gasteiger partial charge in [-0.2, -0.15) is 0 Å². The van der Waals surface area contributed by atoms with E-state index >= 15 is 0 Å². The van der Waals surface area contributed by atoms with Gasteiger partial charge in [-0.25, -0.2) is 0 Å². The fraction of sp³-hybridized carbons (Fsp3) is 0.500. The third-order valence-corrected chi connectivity index (χ3v) is 4.38. The molecule has 0 bridgehead atoms. The fourth-order valence-corrected chi connectivity index (χ4v) is 3.46. The molecular weight excluding hydrogens is 262 g/mol. The maximum Gasteiger partial charge on any atom is 0.233 e. The van der Waals surface area contributed by atoms with Crippen LogP contribution in [-0.4, -0.2) is 37.3 Å². The number of amides is 1. The van der Waals surface area contributed by atoms with Crippen LogP contribution in [0, 0.1) is 0 Å². The second-order valence-corrected chi connectivity index (χ2v) is 5.43. The van der Waals surface area contributed by atoms with E-state index < -0.39 is 0 Å². The van der Waals surface area contributed by atoms with Crippen LogP contribution in [0.3, 0.4) is 0 Å². The molecule has 1 fully saturated rings. The largest absolute Gasteiger partial charge is 0.497 e. The van der Waals surface area contributed by atoms with Gasteiger partial charge in [0.05, 0.1) is 20.0 Å². The van der Waals surface area contributed by atoms with Crippen molar-refractivity contribution >= 4 is 17.7 Å². The predicted octanol–water partition coefficient (Wildman–Crippen LogP) is 2.69. The van der Waals surface area contributed by atoms with Gasteiger partial charge in [-0.05, 0) is 18.6 Å². The summed E-state index contributed by atoms with van der Waals surface area (Å²) < 4.78 is 10.6. The molecule has 1 aliphatic heterocycles. The normalized spacial score (nSPS) is 18.8. The lowest BCUT2D eigenvalue weighted by Gasteiger charge is -2.25. The maximum atomic E-state index is 11.9. The summed E-state index contributed by atoms with van der Waals surface area (Å²) in [6, 6.07) is 5.75. The van der Waals surface area contributed by atoms with Crippen molar-refractivity contribution < 1.29 is 14.3 Å².